The van der Waals surface area contributed by atoms with Crippen molar-refractivity contribution >= 4 is 35.8 Å². The van der Waals surface area contributed by atoms with E-state index in [1.807, 2.05) is 0 Å². The van der Waals surface area contributed by atoms with Gasteiger partial charge in [-0.1, -0.05) is 116 Å². The van der Waals surface area contributed by atoms with Gasteiger partial charge < -0.3 is 28.4 Å². The molecule has 0 aliphatic heterocycles. The molecule has 338 valence electrons. The fourth-order valence-corrected chi connectivity index (χ4v) is 10.6. The second kappa shape index (κ2) is 24.5. The van der Waals surface area contributed by atoms with Gasteiger partial charge in [0.2, 0.25) is 0 Å². The summed E-state index contributed by atoms with van der Waals surface area (Å²) in [6, 6.07) is 0. The Morgan fingerprint density at radius 3 is 0.717 bits per heavy atom. The Bertz CT molecular complexity index is 1270. The van der Waals surface area contributed by atoms with E-state index in [1.54, 1.807) is 0 Å². The minimum atomic E-state index is -1.53. The number of ether oxygens (including phenoxy) is 6. The maximum absolute atomic E-state index is 14.3. The molecule has 0 bridgehead atoms. The van der Waals surface area contributed by atoms with E-state index >= 15 is 0 Å². The van der Waals surface area contributed by atoms with E-state index < -0.39 is 97.1 Å². The number of carbonyl (C=O) groups excluding carboxylic acids is 6. The van der Waals surface area contributed by atoms with E-state index in [0.717, 1.165) is 116 Å². The Balaban J connectivity index is 1.38. The molecule has 4 atom stereocenters. The summed E-state index contributed by atoms with van der Waals surface area (Å²) >= 11 is 0. The first-order valence-electron chi connectivity index (χ1n) is 24.4. The van der Waals surface area contributed by atoms with Gasteiger partial charge in [0, 0.05) is 0 Å². The topological polar surface area (TPSA) is 158 Å². The number of esters is 6. The maximum Gasteiger partial charge on any atom is 0.309 e. The molecule has 6 aliphatic carbocycles. The van der Waals surface area contributed by atoms with Gasteiger partial charge in [-0.3, -0.25) is 28.8 Å². The lowest BCUT2D eigenvalue weighted by Crippen LogP contribution is -2.56. The molecule has 0 aromatic rings. The molecule has 0 amide bonds. The first-order chi connectivity index (χ1) is 29.3. The predicted molar refractivity (Wildman–Crippen MR) is 221 cm³/mol. The summed E-state index contributed by atoms with van der Waals surface area (Å²) in [5, 5.41) is 0. The molecule has 6 saturated carbocycles. The van der Waals surface area contributed by atoms with E-state index in [2.05, 4.69) is 0 Å². The first-order valence-corrected chi connectivity index (χ1v) is 24.4. The maximum atomic E-state index is 14.3. The molecule has 0 spiro atoms. The molecule has 12 heteroatoms. The number of hydrogen-bond acceptors (Lipinski definition) is 12. The molecule has 0 aromatic carbocycles. The third-order valence-corrected chi connectivity index (χ3v) is 14.5. The van der Waals surface area contributed by atoms with Crippen LogP contribution in [0.5, 0.6) is 0 Å². The van der Waals surface area contributed by atoms with Crippen LogP contribution in [0.2, 0.25) is 0 Å². The van der Waals surface area contributed by atoms with Crippen molar-refractivity contribution in [3.05, 3.63) is 0 Å². The summed E-state index contributed by atoms with van der Waals surface area (Å²) in [6.07, 6.45) is 18.6. The zero-order valence-corrected chi connectivity index (χ0v) is 36.3. The van der Waals surface area contributed by atoms with Crippen molar-refractivity contribution in [2.24, 2.45) is 35.5 Å². The highest BCUT2D eigenvalue weighted by Crippen LogP contribution is 2.34. The monoisotopic (exact) mass is 843 g/mol. The number of rotatable bonds is 17. The van der Waals surface area contributed by atoms with Crippen molar-refractivity contribution in [1.82, 2.24) is 0 Å². The number of carbonyl (C=O) groups is 6. The molecule has 0 N–H and O–H groups in total. The van der Waals surface area contributed by atoms with Crippen molar-refractivity contribution in [2.45, 2.75) is 217 Å². The molecular formula is C48H74O12. The van der Waals surface area contributed by atoms with Gasteiger partial charge in [-0.15, -0.1) is 0 Å². The van der Waals surface area contributed by atoms with Crippen LogP contribution in [0.3, 0.4) is 0 Å². The van der Waals surface area contributed by atoms with Crippen molar-refractivity contribution in [3.63, 3.8) is 0 Å². The largest absolute Gasteiger partial charge is 0.461 e. The van der Waals surface area contributed by atoms with Gasteiger partial charge in [0.05, 0.1) is 35.5 Å². The Kier molecular flexibility index (Phi) is 18.9. The van der Waals surface area contributed by atoms with E-state index in [0.29, 0.717) is 77.0 Å². The van der Waals surface area contributed by atoms with Crippen molar-refractivity contribution in [1.29, 1.82) is 0 Å². The molecule has 12 nitrogen and oxygen atoms in total. The van der Waals surface area contributed by atoms with Crippen LogP contribution < -0.4 is 0 Å². The van der Waals surface area contributed by atoms with E-state index in [-0.39, 0.29) is 11.8 Å². The lowest BCUT2D eigenvalue weighted by molar-refractivity contribution is -0.215. The molecule has 6 rings (SSSR count). The smallest absolute Gasteiger partial charge is 0.309 e. The lowest BCUT2D eigenvalue weighted by Gasteiger charge is -2.38. The highest BCUT2D eigenvalue weighted by molar-refractivity contribution is 5.76. The Morgan fingerprint density at radius 1 is 0.283 bits per heavy atom. The van der Waals surface area contributed by atoms with Crippen LogP contribution in [-0.2, 0) is 57.2 Å². The average Bonchev–Trinajstić information content (AvgIpc) is 3.31. The van der Waals surface area contributed by atoms with Crippen molar-refractivity contribution in [2.75, 3.05) is 13.2 Å². The van der Waals surface area contributed by atoms with Gasteiger partial charge in [0.25, 0.3) is 0 Å². The second-order valence-electron chi connectivity index (χ2n) is 19.0. The molecule has 6 fully saturated rings. The summed E-state index contributed by atoms with van der Waals surface area (Å²) in [5.74, 6) is -5.18. The van der Waals surface area contributed by atoms with Crippen LogP contribution in [0.4, 0.5) is 0 Å². The van der Waals surface area contributed by atoms with Gasteiger partial charge >= 0.3 is 35.8 Å². The average molecular weight is 843 g/mol. The second-order valence-corrected chi connectivity index (χ2v) is 19.0. The molecule has 0 heterocycles. The summed E-state index contributed by atoms with van der Waals surface area (Å²) in [4.78, 5) is 84.2. The van der Waals surface area contributed by atoms with Gasteiger partial charge in [-0.05, 0) is 77.0 Å². The molecule has 0 saturated heterocycles. The zero-order valence-electron chi connectivity index (χ0n) is 36.3. The van der Waals surface area contributed by atoms with Gasteiger partial charge in [0.1, 0.15) is 13.2 Å². The summed E-state index contributed by atoms with van der Waals surface area (Å²) in [5.41, 5.74) is 0. The van der Waals surface area contributed by atoms with Crippen LogP contribution in [0.1, 0.15) is 193 Å². The molecule has 4 unspecified atom stereocenters. The van der Waals surface area contributed by atoms with Crippen molar-refractivity contribution in [3.8, 4) is 0 Å². The summed E-state index contributed by atoms with van der Waals surface area (Å²) in [7, 11) is 0. The Morgan fingerprint density at radius 2 is 0.483 bits per heavy atom. The minimum absolute atomic E-state index is 0.306. The zero-order chi connectivity index (χ0) is 42.1. The molecule has 0 radical (unpaired) electrons. The quantitative estimate of drug-likeness (QED) is 0.101. The van der Waals surface area contributed by atoms with Crippen LogP contribution in [0.15, 0.2) is 0 Å². The molecular weight excluding hydrogens is 769 g/mol. The molecule has 0 aromatic heterocycles. The SMILES string of the molecule is O=C(OCC(OC(=O)C1CCCCC1)C(OC(=O)C1CCCCC1)C(OC(=O)C1CCCCC1)C(COC(=O)C1CCCCC1)OC(=O)C1CCCCC1)C1CCCCC1. The molecule has 60 heavy (non-hydrogen) atoms. The van der Waals surface area contributed by atoms with Gasteiger partial charge in [-0.2, -0.15) is 0 Å². The Labute approximate surface area is 358 Å². The normalized spacial score (nSPS) is 24.2. The highest BCUT2D eigenvalue weighted by atomic mass is 16.6. The van der Waals surface area contributed by atoms with Crippen molar-refractivity contribution < 1.29 is 57.2 Å². The van der Waals surface area contributed by atoms with Crippen LogP contribution >= 0.6 is 0 Å². The van der Waals surface area contributed by atoms with Crippen LogP contribution in [0, 0.1) is 35.5 Å². The highest BCUT2D eigenvalue weighted by Gasteiger charge is 2.48. The van der Waals surface area contributed by atoms with Gasteiger partial charge in [-0.25, -0.2) is 0 Å². The van der Waals surface area contributed by atoms with Crippen LogP contribution in [-0.4, -0.2) is 73.4 Å². The summed E-state index contributed by atoms with van der Waals surface area (Å²) < 4.78 is 37.7. The predicted octanol–water partition coefficient (Wildman–Crippen LogP) is 9.20. The fraction of sp³-hybridized carbons (Fsp3) is 0.875. The summed E-state index contributed by atoms with van der Waals surface area (Å²) in [6.45, 7) is -0.891. The first kappa shape index (κ1) is 46.3. The third kappa shape index (κ3) is 13.9. The fourth-order valence-electron chi connectivity index (χ4n) is 10.6. The minimum Gasteiger partial charge on any atom is -0.461 e. The van der Waals surface area contributed by atoms with E-state index in [1.165, 1.54) is 0 Å². The Hall–Kier alpha value is -3.18. The van der Waals surface area contributed by atoms with Gasteiger partial charge in [0.15, 0.2) is 24.4 Å². The van der Waals surface area contributed by atoms with E-state index in [9.17, 15) is 28.8 Å². The lowest BCUT2D eigenvalue weighted by atomic mass is 9.88. The standard InChI is InChI=1S/C48H74O12/c49-43(33-19-7-1-8-20-33)55-31-39(57-45(51)35-23-11-3-12-24-35)41(59-47(53)37-27-15-5-16-28-37)42(60-48(54)38-29-17-6-18-30-38)40(58-46(52)36-25-13-4-14-26-36)32-56-44(50)34-21-9-2-10-22-34/h33-42H,1-32H2. The van der Waals surface area contributed by atoms with E-state index in [4.69, 9.17) is 28.4 Å². The molecule has 6 aliphatic rings. The number of hydrogen-bond donors (Lipinski definition) is 0. The van der Waals surface area contributed by atoms with Crippen LogP contribution in [0.25, 0.3) is 0 Å². The third-order valence-electron chi connectivity index (χ3n) is 14.5.